The zero-order valence-corrected chi connectivity index (χ0v) is 16.9. The Bertz CT molecular complexity index is 986. The van der Waals surface area contributed by atoms with Crippen LogP contribution in [-0.2, 0) is 14.8 Å². The van der Waals surface area contributed by atoms with Gasteiger partial charge in [0.25, 0.3) is 10.0 Å². The Labute approximate surface area is 166 Å². The molecule has 1 aromatic heterocycles. The van der Waals surface area contributed by atoms with Crippen LogP contribution in [0.3, 0.4) is 0 Å². The molecule has 3 aromatic rings. The third-order valence-corrected chi connectivity index (χ3v) is 7.48. The third kappa shape index (κ3) is 5.35. The Morgan fingerprint density at radius 2 is 1.67 bits per heavy atom. The van der Waals surface area contributed by atoms with Crippen LogP contribution < -0.4 is 10.0 Å². The van der Waals surface area contributed by atoms with Crippen molar-refractivity contribution in [3.8, 4) is 0 Å². The molecule has 8 heteroatoms. The van der Waals surface area contributed by atoms with Crippen molar-refractivity contribution in [1.29, 1.82) is 0 Å². The molecule has 2 aromatic carbocycles. The summed E-state index contributed by atoms with van der Waals surface area (Å²) in [6.07, 6.45) is 0. The molecule has 2 N–H and O–H groups in total. The summed E-state index contributed by atoms with van der Waals surface area (Å²) in [4.78, 5) is 13.2. The second-order valence-electron chi connectivity index (χ2n) is 5.68. The largest absolute Gasteiger partial charge is 0.325 e. The summed E-state index contributed by atoms with van der Waals surface area (Å²) in [5.41, 5.74) is 1.24. The SMILES string of the molecule is CC(Sc1ccc(NS(=O)(=O)c2cccs2)cc1)C(=O)Nc1ccccc1. The number of thioether (sulfide) groups is 1. The third-order valence-electron chi connectivity index (χ3n) is 3.59. The van der Waals surface area contributed by atoms with Crippen molar-refractivity contribution in [3.63, 3.8) is 0 Å². The number of carbonyl (C=O) groups excluding carboxylic acids is 1. The zero-order chi connectivity index (χ0) is 19.3. The molecule has 0 aliphatic heterocycles. The van der Waals surface area contributed by atoms with Gasteiger partial charge in [-0.3, -0.25) is 9.52 Å². The molecule has 27 heavy (non-hydrogen) atoms. The molecule has 0 radical (unpaired) electrons. The Morgan fingerprint density at radius 3 is 2.30 bits per heavy atom. The fourth-order valence-corrected chi connectivity index (χ4v) is 5.17. The average Bonchev–Trinajstić information content (AvgIpc) is 3.20. The topological polar surface area (TPSA) is 75.3 Å². The van der Waals surface area contributed by atoms with E-state index in [1.165, 1.54) is 23.1 Å². The van der Waals surface area contributed by atoms with Crippen molar-refractivity contribution in [2.75, 3.05) is 10.0 Å². The second-order valence-corrected chi connectivity index (χ2v) is 9.95. The van der Waals surface area contributed by atoms with E-state index in [1.807, 2.05) is 37.3 Å². The zero-order valence-electron chi connectivity index (χ0n) is 14.5. The van der Waals surface area contributed by atoms with Crippen LogP contribution in [0.15, 0.2) is 81.2 Å². The molecule has 5 nitrogen and oxygen atoms in total. The van der Waals surface area contributed by atoms with E-state index >= 15 is 0 Å². The molecule has 0 saturated heterocycles. The quantitative estimate of drug-likeness (QED) is 0.547. The number of hydrogen-bond donors (Lipinski definition) is 2. The number of sulfonamides is 1. The van der Waals surface area contributed by atoms with Crippen LogP contribution in [0.2, 0.25) is 0 Å². The van der Waals surface area contributed by atoms with E-state index in [1.54, 1.807) is 41.8 Å². The van der Waals surface area contributed by atoms with Crippen LogP contribution in [0.5, 0.6) is 0 Å². The number of para-hydroxylation sites is 1. The van der Waals surface area contributed by atoms with Gasteiger partial charge in [-0.1, -0.05) is 24.3 Å². The molecule has 1 atom stereocenters. The smallest absolute Gasteiger partial charge is 0.271 e. The molecule has 0 aliphatic carbocycles. The maximum Gasteiger partial charge on any atom is 0.271 e. The minimum Gasteiger partial charge on any atom is -0.325 e. The highest BCUT2D eigenvalue weighted by atomic mass is 32.2. The minimum absolute atomic E-state index is 0.0892. The Kier molecular flexibility index (Phi) is 6.20. The first-order valence-electron chi connectivity index (χ1n) is 8.13. The lowest BCUT2D eigenvalue weighted by molar-refractivity contribution is -0.115. The molecule has 3 rings (SSSR count). The first-order valence-corrected chi connectivity index (χ1v) is 11.4. The fourth-order valence-electron chi connectivity index (χ4n) is 2.25. The van der Waals surface area contributed by atoms with Crippen LogP contribution >= 0.6 is 23.1 Å². The lowest BCUT2D eigenvalue weighted by Crippen LogP contribution is -2.22. The normalized spacial score (nSPS) is 12.3. The van der Waals surface area contributed by atoms with E-state index in [-0.39, 0.29) is 15.4 Å². The minimum atomic E-state index is -3.56. The molecule has 1 heterocycles. The summed E-state index contributed by atoms with van der Waals surface area (Å²) in [5, 5.41) is 4.30. The number of anilines is 2. The van der Waals surface area contributed by atoms with Crippen molar-refractivity contribution < 1.29 is 13.2 Å². The van der Waals surface area contributed by atoms with Crippen LogP contribution in [0.4, 0.5) is 11.4 Å². The lowest BCUT2D eigenvalue weighted by atomic mass is 10.3. The predicted octanol–water partition coefficient (Wildman–Crippen LogP) is 4.67. The van der Waals surface area contributed by atoms with Crippen molar-refractivity contribution in [3.05, 3.63) is 72.1 Å². The van der Waals surface area contributed by atoms with Gasteiger partial charge in [-0.05, 0) is 54.8 Å². The summed E-state index contributed by atoms with van der Waals surface area (Å²) >= 11 is 2.57. The van der Waals surface area contributed by atoms with Gasteiger partial charge in [0.1, 0.15) is 4.21 Å². The van der Waals surface area contributed by atoms with Crippen molar-refractivity contribution in [2.45, 2.75) is 21.3 Å². The van der Waals surface area contributed by atoms with Gasteiger partial charge >= 0.3 is 0 Å². The van der Waals surface area contributed by atoms with Gasteiger partial charge in [0.05, 0.1) is 5.25 Å². The van der Waals surface area contributed by atoms with Gasteiger partial charge in [-0.2, -0.15) is 0 Å². The molecular formula is C19H18N2O3S3. The van der Waals surface area contributed by atoms with Gasteiger partial charge in [-0.15, -0.1) is 23.1 Å². The molecule has 1 unspecified atom stereocenters. The molecule has 0 aliphatic rings. The molecule has 0 fully saturated rings. The van der Waals surface area contributed by atoms with E-state index < -0.39 is 10.0 Å². The van der Waals surface area contributed by atoms with E-state index in [2.05, 4.69) is 10.0 Å². The van der Waals surface area contributed by atoms with Gasteiger partial charge in [0, 0.05) is 16.3 Å². The monoisotopic (exact) mass is 418 g/mol. The number of benzene rings is 2. The highest BCUT2D eigenvalue weighted by Crippen LogP contribution is 2.27. The maximum absolute atomic E-state index is 12.3. The van der Waals surface area contributed by atoms with Crippen LogP contribution in [-0.4, -0.2) is 19.6 Å². The molecule has 0 spiro atoms. The van der Waals surface area contributed by atoms with Crippen molar-refractivity contribution >= 4 is 50.4 Å². The lowest BCUT2D eigenvalue weighted by Gasteiger charge is -2.12. The van der Waals surface area contributed by atoms with Crippen LogP contribution in [0.25, 0.3) is 0 Å². The summed E-state index contributed by atoms with van der Waals surface area (Å²) in [6, 6.07) is 19.5. The maximum atomic E-state index is 12.3. The van der Waals surface area contributed by atoms with E-state index in [4.69, 9.17) is 0 Å². The summed E-state index contributed by atoms with van der Waals surface area (Å²) in [7, 11) is -3.56. The van der Waals surface area contributed by atoms with Gasteiger partial charge in [0.2, 0.25) is 5.91 Å². The molecule has 1 amide bonds. The number of hydrogen-bond acceptors (Lipinski definition) is 5. The number of rotatable bonds is 7. The number of carbonyl (C=O) groups is 1. The summed E-state index contributed by atoms with van der Waals surface area (Å²) in [5.74, 6) is -0.0892. The fraction of sp³-hybridized carbons (Fsp3) is 0.105. The Morgan fingerprint density at radius 1 is 0.963 bits per heavy atom. The molecule has 0 bridgehead atoms. The molecule has 0 saturated carbocycles. The molecular weight excluding hydrogens is 400 g/mol. The number of nitrogens with one attached hydrogen (secondary N) is 2. The summed E-state index contributed by atoms with van der Waals surface area (Å²) < 4.78 is 27.3. The molecule has 140 valence electrons. The highest BCUT2D eigenvalue weighted by Gasteiger charge is 2.16. The predicted molar refractivity (Wildman–Crippen MR) is 112 cm³/mol. The van der Waals surface area contributed by atoms with E-state index in [0.717, 1.165) is 10.6 Å². The Hall–Kier alpha value is -2.29. The van der Waals surface area contributed by atoms with Crippen molar-refractivity contribution in [1.82, 2.24) is 0 Å². The summed E-state index contributed by atoms with van der Waals surface area (Å²) in [6.45, 7) is 1.83. The first-order chi connectivity index (χ1) is 12.9. The van der Waals surface area contributed by atoms with Crippen LogP contribution in [0, 0.1) is 0 Å². The number of amides is 1. The average molecular weight is 419 g/mol. The van der Waals surface area contributed by atoms with Gasteiger partial charge in [0.15, 0.2) is 0 Å². The Balaban J connectivity index is 1.59. The standard InChI is InChI=1S/C19H18N2O3S3/c1-14(19(22)20-15-6-3-2-4-7-15)26-17-11-9-16(10-12-17)21-27(23,24)18-8-5-13-25-18/h2-14,21H,1H3,(H,20,22). The highest BCUT2D eigenvalue weighted by molar-refractivity contribution is 8.00. The van der Waals surface area contributed by atoms with Crippen molar-refractivity contribution in [2.24, 2.45) is 0 Å². The van der Waals surface area contributed by atoms with Gasteiger partial charge < -0.3 is 5.32 Å². The van der Waals surface area contributed by atoms with E-state index in [0.29, 0.717) is 5.69 Å². The van der Waals surface area contributed by atoms with E-state index in [9.17, 15) is 13.2 Å². The number of thiophene rings is 1. The second kappa shape index (κ2) is 8.60. The first kappa shape index (κ1) is 19.5. The van der Waals surface area contributed by atoms with Gasteiger partial charge in [-0.25, -0.2) is 8.42 Å². The van der Waals surface area contributed by atoms with Crippen LogP contribution in [0.1, 0.15) is 6.92 Å².